The van der Waals surface area contributed by atoms with Gasteiger partial charge in [0.05, 0.1) is 64.0 Å². The summed E-state index contributed by atoms with van der Waals surface area (Å²) in [4.78, 5) is 50.5. The van der Waals surface area contributed by atoms with Gasteiger partial charge < -0.3 is 29.6 Å². The smallest absolute Gasteiger partial charge is 0.264 e. The Bertz CT molecular complexity index is 925. The van der Waals surface area contributed by atoms with E-state index < -0.39 is 29.7 Å². The zero-order chi connectivity index (χ0) is 25.8. The second kappa shape index (κ2) is 14.6. The van der Waals surface area contributed by atoms with Crippen LogP contribution in [0.1, 0.15) is 33.6 Å². The van der Waals surface area contributed by atoms with Crippen molar-refractivity contribution in [2.75, 3.05) is 78.3 Å². The van der Waals surface area contributed by atoms with Gasteiger partial charge in [-0.05, 0) is 25.6 Å². The third-order valence-corrected chi connectivity index (χ3v) is 5.64. The van der Waals surface area contributed by atoms with Crippen molar-refractivity contribution < 1.29 is 38.1 Å². The first-order valence-corrected chi connectivity index (χ1v) is 12.1. The second-order valence-electron chi connectivity index (χ2n) is 8.16. The first-order valence-electron chi connectivity index (χ1n) is 12.1. The summed E-state index contributed by atoms with van der Waals surface area (Å²) in [5.41, 5.74) is 0.950. The van der Waals surface area contributed by atoms with Crippen LogP contribution in [0, 0.1) is 0 Å². The fourth-order valence-electron chi connectivity index (χ4n) is 3.86. The van der Waals surface area contributed by atoms with Crippen molar-refractivity contribution in [2.45, 2.75) is 18.9 Å². The van der Waals surface area contributed by atoms with E-state index in [1.165, 1.54) is 0 Å². The van der Waals surface area contributed by atoms with E-state index in [4.69, 9.17) is 18.9 Å². The fourth-order valence-corrected chi connectivity index (χ4v) is 3.86. The van der Waals surface area contributed by atoms with Crippen LogP contribution in [0.5, 0.6) is 0 Å². The van der Waals surface area contributed by atoms with Gasteiger partial charge in [0.2, 0.25) is 11.8 Å². The Labute approximate surface area is 209 Å². The molecule has 2 aliphatic rings. The zero-order valence-electron chi connectivity index (χ0n) is 20.5. The molecule has 2 heterocycles. The van der Waals surface area contributed by atoms with Crippen LogP contribution in [0.4, 0.5) is 5.69 Å². The van der Waals surface area contributed by atoms with Crippen LogP contribution in [0.2, 0.25) is 0 Å². The Morgan fingerprint density at radius 2 is 1.47 bits per heavy atom. The predicted molar refractivity (Wildman–Crippen MR) is 129 cm³/mol. The predicted octanol–water partition coefficient (Wildman–Crippen LogP) is -0.214. The number of imide groups is 2. The minimum Gasteiger partial charge on any atom is -0.382 e. The molecule has 0 spiro atoms. The third-order valence-electron chi connectivity index (χ3n) is 5.64. The second-order valence-corrected chi connectivity index (χ2v) is 8.16. The Hall–Kier alpha value is -2.90. The molecule has 12 nitrogen and oxygen atoms in total. The molecule has 1 unspecified atom stereocenters. The van der Waals surface area contributed by atoms with Gasteiger partial charge in [-0.1, -0.05) is 6.07 Å². The van der Waals surface area contributed by atoms with Crippen LogP contribution in [0.25, 0.3) is 0 Å². The Morgan fingerprint density at radius 3 is 2.08 bits per heavy atom. The van der Waals surface area contributed by atoms with Gasteiger partial charge >= 0.3 is 0 Å². The van der Waals surface area contributed by atoms with Crippen molar-refractivity contribution in [2.24, 2.45) is 0 Å². The number of piperidine rings is 1. The summed E-state index contributed by atoms with van der Waals surface area (Å²) >= 11 is 0. The standard InChI is InChI=1S/C24H34N4O8/c1-25-7-9-33-11-13-35-15-16-36-14-12-34-10-8-26-18-4-2-3-17-21(18)24(32)28(23(17)31)19-5-6-20(29)27-22(19)30/h2-4,19,25-26H,5-16H2,1H3,(H,27,29,30). The van der Waals surface area contributed by atoms with E-state index in [1.54, 1.807) is 18.2 Å². The van der Waals surface area contributed by atoms with Gasteiger partial charge in [-0.25, -0.2) is 0 Å². The number of hydrogen-bond donors (Lipinski definition) is 3. The summed E-state index contributed by atoms with van der Waals surface area (Å²) in [6, 6.07) is 3.94. The number of nitrogens with one attached hydrogen (secondary N) is 3. The minimum atomic E-state index is -0.992. The highest BCUT2D eigenvalue weighted by Crippen LogP contribution is 2.32. The van der Waals surface area contributed by atoms with Gasteiger partial charge in [0.15, 0.2) is 0 Å². The molecule has 36 heavy (non-hydrogen) atoms. The summed E-state index contributed by atoms with van der Waals surface area (Å²) in [6.45, 7) is 5.11. The molecule has 198 valence electrons. The summed E-state index contributed by atoms with van der Waals surface area (Å²) in [5, 5.41) is 8.32. The van der Waals surface area contributed by atoms with Crippen molar-refractivity contribution in [1.29, 1.82) is 0 Å². The maximum absolute atomic E-state index is 13.0. The highest BCUT2D eigenvalue weighted by molar-refractivity contribution is 6.25. The van der Waals surface area contributed by atoms with Gasteiger partial charge in [-0.3, -0.25) is 29.4 Å². The van der Waals surface area contributed by atoms with Crippen molar-refractivity contribution in [3.8, 4) is 0 Å². The van der Waals surface area contributed by atoms with Crippen molar-refractivity contribution in [3.05, 3.63) is 29.3 Å². The number of amides is 4. The van der Waals surface area contributed by atoms with Crippen LogP contribution in [0.15, 0.2) is 18.2 Å². The first-order chi connectivity index (χ1) is 17.5. The Balaban J connectivity index is 1.32. The number of anilines is 1. The van der Waals surface area contributed by atoms with Gasteiger partial charge in [-0.15, -0.1) is 0 Å². The molecule has 2 aliphatic heterocycles. The van der Waals surface area contributed by atoms with Crippen LogP contribution in [0.3, 0.4) is 0 Å². The molecular formula is C24H34N4O8. The lowest BCUT2D eigenvalue weighted by molar-refractivity contribution is -0.136. The number of carbonyl (C=O) groups excluding carboxylic acids is 4. The van der Waals surface area contributed by atoms with E-state index in [1.807, 2.05) is 7.05 Å². The topological polar surface area (TPSA) is 145 Å². The highest BCUT2D eigenvalue weighted by atomic mass is 16.6. The zero-order valence-corrected chi connectivity index (χ0v) is 20.5. The lowest BCUT2D eigenvalue weighted by Gasteiger charge is -2.27. The quantitative estimate of drug-likeness (QED) is 0.192. The molecule has 0 aliphatic carbocycles. The van der Waals surface area contributed by atoms with Crippen molar-refractivity contribution in [3.63, 3.8) is 0 Å². The molecule has 0 aromatic heterocycles. The molecule has 0 saturated carbocycles. The van der Waals surface area contributed by atoms with E-state index in [9.17, 15) is 19.2 Å². The number of ether oxygens (including phenoxy) is 4. The Kier molecular flexibility index (Phi) is 11.2. The molecule has 1 aromatic rings. The number of benzene rings is 1. The first kappa shape index (κ1) is 27.7. The maximum Gasteiger partial charge on any atom is 0.264 e. The van der Waals surface area contributed by atoms with E-state index in [-0.39, 0.29) is 24.0 Å². The molecule has 0 bridgehead atoms. The van der Waals surface area contributed by atoms with Gasteiger partial charge in [-0.2, -0.15) is 0 Å². The van der Waals surface area contributed by atoms with Gasteiger partial charge in [0.1, 0.15) is 6.04 Å². The van der Waals surface area contributed by atoms with Gasteiger partial charge in [0.25, 0.3) is 11.8 Å². The van der Waals surface area contributed by atoms with Crippen LogP contribution < -0.4 is 16.0 Å². The molecule has 1 saturated heterocycles. The number of likely N-dealkylation sites (N-methyl/N-ethyl adjacent to an activating group) is 1. The van der Waals surface area contributed by atoms with E-state index >= 15 is 0 Å². The number of rotatable bonds is 17. The number of nitrogens with zero attached hydrogens (tertiary/aromatic N) is 1. The van der Waals surface area contributed by atoms with E-state index in [0.29, 0.717) is 65.1 Å². The molecule has 4 amide bonds. The molecule has 12 heteroatoms. The monoisotopic (exact) mass is 506 g/mol. The lowest BCUT2D eigenvalue weighted by Crippen LogP contribution is -2.54. The number of carbonyl (C=O) groups is 4. The SMILES string of the molecule is CNCCOCCOCCOCCOCCNc1cccc2c1C(=O)N(C1CCC(=O)NC1=O)C2=O. The maximum atomic E-state index is 13.0. The molecule has 1 fully saturated rings. The van der Waals surface area contributed by atoms with Crippen LogP contribution in [-0.4, -0.2) is 108 Å². The number of fused-ring (bicyclic) bond motifs is 1. The van der Waals surface area contributed by atoms with E-state index in [0.717, 1.165) is 11.4 Å². The molecular weight excluding hydrogens is 472 g/mol. The highest BCUT2D eigenvalue weighted by Gasteiger charge is 2.45. The summed E-state index contributed by atoms with van der Waals surface area (Å²) in [6.07, 6.45) is 0.196. The summed E-state index contributed by atoms with van der Waals surface area (Å²) in [7, 11) is 1.87. The number of hydrogen-bond acceptors (Lipinski definition) is 10. The summed E-state index contributed by atoms with van der Waals surface area (Å²) in [5.74, 6) is -2.12. The van der Waals surface area contributed by atoms with E-state index in [2.05, 4.69) is 16.0 Å². The van der Waals surface area contributed by atoms with Gasteiger partial charge in [0, 0.05) is 25.2 Å². The molecule has 3 rings (SSSR count). The molecule has 1 aromatic carbocycles. The van der Waals surface area contributed by atoms with Crippen LogP contribution in [-0.2, 0) is 28.5 Å². The molecule has 3 N–H and O–H groups in total. The average Bonchev–Trinajstić information content (AvgIpc) is 3.12. The van der Waals surface area contributed by atoms with Crippen molar-refractivity contribution in [1.82, 2.24) is 15.5 Å². The normalized spacial score (nSPS) is 17.5. The summed E-state index contributed by atoms with van der Waals surface area (Å²) < 4.78 is 21.7. The lowest BCUT2D eigenvalue weighted by atomic mass is 10.0. The fraction of sp³-hybridized carbons (Fsp3) is 0.583. The Morgan fingerprint density at radius 1 is 0.861 bits per heavy atom. The molecule has 1 atom stereocenters. The third kappa shape index (κ3) is 7.55. The van der Waals surface area contributed by atoms with Crippen LogP contribution >= 0.6 is 0 Å². The minimum absolute atomic E-state index is 0.0785. The average molecular weight is 507 g/mol. The largest absolute Gasteiger partial charge is 0.382 e. The van der Waals surface area contributed by atoms with Crippen molar-refractivity contribution >= 4 is 29.3 Å². The molecule has 0 radical (unpaired) electrons.